The molecule has 0 bridgehead atoms. The minimum atomic E-state index is -0.0828. The molecule has 0 aliphatic rings. The van der Waals surface area contributed by atoms with Gasteiger partial charge in [-0.3, -0.25) is 14.5 Å². The quantitative estimate of drug-likeness (QED) is 0.917. The van der Waals surface area contributed by atoms with Crippen LogP contribution in [0.25, 0.3) is 0 Å². The molecule has 2 aromatic rings. The molecule has 1 N–H and O–H groups in total. The standard InChI is InChI=1S/C14H17ClN4O/c1-10(6-12-4-3-5-16-7-12)17-14(20)9-19-8-13(15)11(2)18-19/h3-5,7-8,10H,6,9H2,1-2H3,(H,17,20)/t10-/m1/s1. The van der Waals surface area contributed by atoms with Crippen molar-refractivity contribution in [1.29, 1.82) is 0 Å². The van der Waals surface area contributed by atoms with E-state index in [1.54, 1.807) is 23.3 Å². The summed E-state index contributed by atoms with van der Waals surface area (Å²) in [5, 5.41) is 7.66. The van der Waals surface area contributed by atoms with Crippen molar-refractivity contribution in [3.05, 3.63) is 47.0 Å². The molecule has 0 aromatic carbocycles. The summed E-state index contributed by atoms with van der Waals surface area (Å²) >= 11 is 5.90. The molecular formula is C14H17ClN4O. The van der Waals surface area contributed by atoms with Crippen molar-refractivity contribution in [3.63, 3.8) is 0 Å². The molecule has 0 spiro atoms. The van der Waals surface area contributed by atoms with E-state index in [9.17, 15) is 4.79 Å². The fourth-order valence-electron chi connectivity index (χ4n) is 1.97. The van der Waals surface area contributed by atoms with Crippen LogP contribution in [0.1, 0.15) is 18.2 Å². The van der Waals surface area contributed by atoms with Crippen molar-refractivity contribution >= 4 is 17.5 Å². The van der Waals surface area contributed by atoms with E-state index in [2.05, 4.69) is 15.4 Å². The number of carbonyl (C=O) groups excluding carboxylic acids is 1. The number of nitrogens with zero attached hydrogens (tertiary/aromatic N) is 3. The van der Waals surface area contributed by atoms with Crippen LogP contribution in [0.2, 0.25) is 5.02 Å². The Balaban J connectivity index is 1.85. The van der Waals surface area contributed by atoms with E-state index < -0.39 is 0 Å². The number of hydrogen-bond acceptors (Lipinski definition) is 3. The molecule has 106 valence electrons. The Morgan fingerprint density at radius 3 is 2.95 bits per heavy atom. The largest absolute Gasteiger partial charge is 0.352 e. The van der Waals surface area contributed by atoms with Gasteiger partial charge >= 0.3 is 0 Å². The van der Waals surface area contributed by atoms with Gasteiger partial charge in [0.1, 0.15) is 6.54 Å². The first-order valence-corrected chi connectivity index (χ1v) is 6.80. The van der Waals surface area contributed by atoms with Gasteiger partial charge < -0.3 is 5.32 Å². The van der Waals surface area contributed by atoms with E-state index in [0.29, 0.717) is 5.02 Å². The number of rotatable bonds is 5. The number of carbonyl (C=O) groups is 1. The zero-order valence-electron chi connectivity index (χ0n) is 11.5. The van der Waals surface area contributed by atoms with Crippen molar-refractivity contribution in [2.24, 2.45) is 0 Å². The molecule has 5 nitrogen and oxygen atoms in total. The minimum absolute atomic E-state index is 0.0406. The molecule has 1 atom stereocenters. The van der Waals surface area contributed by atoms with Gasteiger partial charge in [0.25, 0.3) is 0 Å². The van der Waals surface area contributed by atoms with E-state index in [1.165, 1.54) is 0 Å². The smallest absolute Gasteiger partial charge is 0.241 e. The van der Waals surface area contributed by atoms with Gasteiger partial charge in [0, 0.05) is 24.6 Å². The maximum absolute atomic E-state index is 11.9. The van der Waals surface area contributed by atoms with Crippen molar-refractivity contribution in [3.8, 4) is 0 Å². The van der Waals surface area contributed by atoms with Crippen LogP contribution >= 0.6 is 11.6 Å². The van der Waals surface area contributed by atoms with Gasteiger partial charge in [0.05, 0.1) is 10.7 Å². The highest BCUT2D eigenvalue weighted by Crippen LogP contribution is 2.11. The zero-order chi connectivity index (χ0) is 14.5. The molecule has 0 saturated heterocycles. The summed E-state index contributed by atoms with van der Waals surface area (Å²) in [4.78, 5) is 16.0. The number of amides is 1. The van der Waals surface area contributed by atoms with Gasteiger partial charge in [-0.15, -0.1) is 0 Å². The SMILES string of the molecule is Cc1nn(CC(=O)N[C@H](C)Cc2cccnc2)cc1Cl. The highest BCUT2D eigenvalue weighted by molar-refractivity contribution is 6.31. The highest BCUT2D eigenvalue weighted by Gasteiger charge is 2.10. The molecule has 0 saturated carbocycles. The maximum Gasteiger partial charge on any atom is 0.241 e. The minimum Gasteiger partial charge on any atom is -0.352 e. The van der Waals surface area contributed by atoms with Crippen molar-refractivity contribution in [2.75, 3.05) is 0 Å². The first-order chi connectivity index (χ1) is 9.54. The topological polar surface area (TPSA) is 59.8 Å². The molecule has 0 fully saturated rings. The predicted octanol–water partition coefficient (Wildman–Crippen LogP) is 1.99. The second kappa shape index (κ2) is 6.52. The Bertz CT molecular complexity index is 563. The number of aryl methyl sites for hydroxylation is 1. The molecule has 0 aliphatic heterocycles. The third-order valence-electron chi connectivity index (χ3n) is 2.86. The van der Waals surface area contributed by atoms with Crippen LogP contribution < -0.4 is 5.32 Å². The van der Waals surface area contributed by atoms with E-state index in [-0.39, 0.29) is 18.5 Å². The fraction of sp³-hybridized carbons (Fsp3) is 0.357. The lowest BCUT2D eigenvalue weighted by Gasteiger charge is -2.13. The normalized spacial score (nSPS) is 12.2. The molecule has 0 unspecified atom stereocenters. The molecule has 0 aliphatic carbocycles. The number of hydrogen-bond donors (Lipinski definition) is 1. The van der Waals surface area contributed by atoms with Gasteiger partial charge in [0.2, 0.25) is 5.91 Å². The van der Waals surface area contributed by atoms with Gasteiger partial charge in [-0.2, -0.15) is 5.10 Å². The summed E-state index contributed by atoms with van der Waals surface area (Å²) in [6.45, 7) is 3.94. The molecule has 20 heavy (non-hydrogen) atoms. The first kappa shape index (κ1) is 14.5. The van der Waals surface area contributed by atoms with E-state index >= 15 is 0 Å². The summed E-state index contributed by atoms with van der Waals surface area (Å²) in [5.41, 5.74) is 1.82. The molecule has 1 amide bonds. The van der Waals surface area contributed by atoms with Gasteiger partial charge in [-0.25, -0.2) is 0 Å². The third kappa shape index (κ3) is 4.06. The number of pyridine rings is 1. The molecular weight excluding hydrogens is 276 g/mol. The molecule has 2 heterocycles. The summed E-state index contributed by atoms with van der Waals surface area (Å²) in [7, 11) is 0. The maximum atomic E-state index is 11.9. The van der Waals surface area contributed by atoms with Crippen LogP contribution in [-0.4, -0.2) is 26.7 Å². The van der Waals surface area contributed by atoms with Gasteiger partial charge in [0.15, 0.2) is 0 Å². The van der Waals surface area contributed by atoms with Crippen molar-refractivity contribution in [1.82, 2.24) is 20.1 Å². The van der Waals surface area contributed by atoms with Crippen LogP contribution in [0, 0.1) is 6.92 Å². The first-order valence-electron chi connectivity index (χ1n) is 6.42. The average molecular weight is 293 g/mol. The summed E-state index contributed by atoms with van der Waals surface area (Å²) in [6.07, 6.45) is 5.94. The third-order valence-corrected chi connectivity index (χ3v) is 3.24. The lowest BCUT2D eigenvalue weighted by molar-refractivity contribution is -0.122. The van der Waals surface area contributed by atoms with Crippen molar-refractivity contribution in [2.45, 2.75) is 32.9 Å². The van der Waals surface area contributed by atoms with Crippen molar-refractivity contribution < 1.29 is 4.79 Å². The van der Waals surface area contributed by atoms with Crippen LogP contribution in [0.4, 0.5) is 0 Å². The summed E-state index contributed by atoms with van der Waals surface area (Å²) < 4.78 is 1.55. The van der Waals surface area contributed by atoms with Gasteiger partial charge in [-0.1, -0.05) is 17.7 Å². The Kier molecular flexibility index (Phi) is 4.74. The number of halogens is 1. The van der Waals surface area contributed by atoms with E-state index in [4.69, 9.17) is 11.6 Å². The monoisotopic (exact) mass is 292 g/mol. The summed E-state index contributed by atoms with van der Waals surface area (Å²) in [6, 6.07) is 3.92. The average Bonchev–Trinajstić information content (AvgIpc) is 2.68. The van der Waals surface area contributed by atoms with Crippen LogP contribution in [0.5, 0.6) is 0 Å². The Morgan fingerprint density at radius 2 is 2.35 bits per heavy atom. The summed E-state index contributed by atoms with van der Waals surface area (Å²) in [5.74, 6) is -0.0828. The lowest BCUT2D eigenvalue weighted by atomic mass is 10.1. The van der Waals surface area contributed by atoms with E-state index in [1.807, 2.05) is 26.0 Å². The van der Waals surface area contributed by atoms with Crippen LogP contribution in [0.3, 0.4) is 0 Å². The molecule has 2 rings (SSSR count). The number of nitrogens with one attached hydrogen (secondary N) is 1. The second-order valence-electron chi connectivity index (χ2n) is 4.79. The Hall–Kier alpha value is -1.88. The van der Waals surface area contributed by atoms with Crippen LogP contribution in [-0.2, 0) is 17.8 Å². The second-order valence-corrected chi connectivity index (χ2v) is 5.20. The molecule has 0 radical (unpaired) electrons. The lowest BCUT2D eigenvalue weighted by Crippen LogP contribution is -2.36. The highest BCUT2D eigenvalue weighted by atomic mass is 35.5. The fourth-order valence-corrected chi connectivity index (χ4v) is 2.12. The number of aromatic nitrogens is 3. The predicted molar refractivity (Wildman–Crippen MR) is 77.5 cm³/mol. The van der Waals surface area contributed by atoms with E-state index in [0.717, 1.165) is 17.7 Å². The zero-order valence-corrected chi connectivity index (χ0v) is 12.3. The molecule has 6 heteroatoms. The van der Waals surface area contributed by atoms with Gasteiger partial charge in [-0.05, 0) is 31.9 Å². The Morgan fingerprint density at radius 1 is 1.55 bits per heavy atom. The molecule has 2 aromatic heterocycles. The van der Waals surface area contributed by atoms with Crippen LogP contribution in [0.15, 0.2) is 30.7 Å². The Labute approximate surface area is 123 Å².